The molecule has 1 aliphatic rings. The van der Waals surface area contributed by atoms with Crippen molar-refractivity contribution < 1.29 is 4.74 Å². The van der Waals surface area contributed by atoms with E-state index >= 15 is 0 Å². The van der Waals surface area contributed by atoms with Crippen LogP contribution in [0, 0.1) is 0 Å². The Morgan fingerprint density at radius 1 is 1.69 bits per heavy atom. The van der Waals surface area contributed by atoms with Crippen molar-refractivity contribution in [1.82, 2.24) is 14.9 Å². The van der Waals surface area contributed by atoms with Crippen LogP contribution in [-0.2, 0) is 17.8 Å². The van der Waals surface area contributed by atoms with Crippen molar-refractivity contribution >= 4 is 0 Å². The number of ether oxygens (including phenoxy) is 1. The van der Waals surface area contributed by atoms with Crippen molar-refractivity contribution in [2.75, 3.05) is 6.61 Å². The summed E-state index contributed by atoms with van der Waals surface area (Å²) < 4.78 is 7.81. The van der Waals surface area contributed by atoms with Gasteiger partial charge >= 0.3 is 0 Å². The second-order valence-corrected chi connectivity index (χ2v) is 4.35. The van der Waals surface area contributed by atoms with Crippen LogP contribution in [0.5, 0.6) is 0 Å². The Morgan fingerprint density at radius 3 is 3.25 bits per heavy atom. The quantitative estimate of drug-likeness (QED) is 0.823. The van der Waals surface area contributed by atoms with Crippen LogP contribution in [0.15, 0.2) is 12.4 Å². The van der Waals surface area contributed by atoms with Crippen LogP contribution in [0.2, 0.25) is 0 Å². The van der Waals surface area contributed by atoms with Crippen LogP contribution in [0.1, 0.15) is 32.5 Å². The molecule has 2 atom stereocenters. The molecule has 1 aromatic heterocycles. The molecule has 90 valence electrons. The average Bonchev–Trinajstić information content (AvgIpc) is 2.96. The molecule has 2 rings (SSSR count). The van der Waals surface area contributed by atoms with E-state index in [1.54, 1.807) is 0 Å². The number of rotatable bonds is 5. The van der Waals surface area contributed by atoms with Crippen molar-refractivity contribution in [3.8, 4) is 0 Å². The summed E-state index contributed by atoms with van der Waals surface area (Å²) in [5.41, 5.74) is 0. The van der Waals surface area contributed by atoms with Gasteiger partial charge in [0.15, 0.2) is 0 Å². The van der Waals surface area contributed by atoms with Gasteiger partial charge in [-0.05, 0) is 26.7 Å². The smallest absolute Gasteiger partial charge is 0.122 e. The zero-order valence-corrected chi connectivity index (χ0v) is 10.1. The second-order valence-electron chi connectivity index (χ2n) is 4.35. The lowest BCUT2D eigenvalue weighted by Gasteiger charge is -2.20. The summed E-state index contributed by atoms with van der Waals surface area (Å²) >= 11 is 0. The Morgan fingerprint density at radius 2 is 2.56 bits per heavy atom. The summed E-state index contributed by atoms with van der Waals surface area (Å²) in [4.78, 5) is 4.35. The van der Waals surface area contributed by atoms with E-state index in [2.05, 4.69) is 28.7 Å². The summed E-state index contributed by atoms with van der Waals surface area (Å²) in [6.07, 6.45) is 6.63. The molecule has 0 radical (unpaired) electrons. The summed E-state index contributed by atoms with van der Waals surface area (Å²) in [6, 6.07) is 0.407. The van der Waals surface area contributed by atoms with Gasteiger partial charge in [-0.25, -0.2) is 4.98 Å². The Labute approximate surface area is 97.0 Å². The molecule has 2 heterocycles. The van der Waals surface area contributed by atoms with Gasteiger partial charge in [-0.15, -0.1) is 0 Å². The lowest BCUT2D eigenvalue weighted by molar-refractivity contribution is 0.0829. The van der Waals surface area contributed by atoms with E-state index in [0.717, 1.165) is 25.5 Å². The first-order chi connectivity index (χ1) is 7.81. The van der Waals surface area contributed by atoms with E-state index in [0.29, 0.717) is 12.1 Å². The summed E-state index contributed by atoms with van der Waals surface area (Å²) in [7, 11) is 0. The van der Waals surface area contributed by atoms with Gasteiger partial charge in [0.2, 0.25) is 0 Å². The van der Waals surface area contributed by atoms with Crippen molar-refractivity contribution in [3.05, 3.63) is 18.2 Å². The molecule has 1 aliphatic heterocycles. The second kappa shape index (κ2) is 5.46. The topological polar surface area (TPSA) is 39.1 Å². The highest BCUT2D eigenvalue weighted by molar-refractivity contribution is 4.92. The lowest BCUT2D eigenvalue weighted by Crippen LogP contribution is -2.37. The third kappa shape index (κ3) is 2.62. The molecule has 0 amide bonds. The molecule has 1 N–H and O–H groups in total. The van der Waals surface area contributed by atoms with E-state index in [1.807, 2.05) is 12.4 Å². The third-order valence-electron chi connectivity index (χ3n) is 3.25. The first kappa shape index (κ1) is 11.6. The van der Waals surface area contributed by atoms with Gasteiger partial charge in [0.05, 0.1) is 12.6 Å². The minimum Gasteiger partial charge on any atom is -0.377 e. The predicted octanol–water partition coefficient (Wildman–Crippen LogP) is 1.56. The number of hydrogen-bond donors (Lipinski definition) is 1. The van der Waals surface area contributed by atoms with Crippen LogP contribution in [0.3, 0.4) is 0 Å². The normalized spacial score (nSPS) is 22.5. The Bertz CT molecular complexity index is 318. The van der Waals surface area contributed by atoms with Crippen molar-refractivity contribution in [1.29, 1.82) is 0 Å². The molecular formula is C12H21N3O. The van der Waals surface area contributed by atoms with Crippen LogP contribution in [-0.4, -0.2) is 28.3 Å². The van der Waals surface area contributed by atoms with Crippen LogP contribution < -0.4 is 5.32 Å². The molecule has 0 saturated carbocycles. The average molecular weight is 223 g/mol. The number of aryl methyl sites for hydroxylation is 1. The maximum atomic E-state index is 5.65. The zero-order valence-electron chi connectivity index (χ0n) is 10.1. The monoisotopic (exact) mass is 223 g/mol. The van der Waals surface area contributed by atoms with Crippen LogP contribution in [0.25, 0.3) is 0 Å². The van der Waals surface area contributed by atoms with E-state index < -0.39 is 0 Å². The van der Waals surface area contributed by atoms with E-state index in [-0.39, 0.29) is 0 Å². The van der Waals surface area contributed by atoms with Crippen molar-refractivity contribution in [2.45, 2.75) is 51.9 Å². The number of nitrogens with zero attached hydrogens (tertiary/aromatic N) is 2. The summed E-state index contributed by atoms with van der Waals surface area (Å²) in [5, 5.41) is 3.49. The van der Waals surface area contributed by atoms with Crippen LogP contribution >= 0.6 is 0 Å². The highest BCUT2D eigenvalue weighted by Crippen LogP contribution is 2.15. The van der Waals surface area contributed by atoms with Gasteiger partial charge in [-0.1, -0.05) is 0 Å². The maximum Gasteiger partial charge on any atom is 0.122 e. The Kier molecular flexibility index (Phi) is 3.96. The fraction of sp³-hybridized carbons (Fsp3) is 0.750. The maximum absolute atomic E-state index is 5.65. The van der Waals surface area contributed by atoms with Gasteiger partial charge in [0.1, 0.15) is 5.82 Å². The van der Waals surface area contributed by atoms with E-state index in [1.165, 1.54) is 12.8 Å². The highest BCUT2D eigenvalue weighted by Gasteiger charge is 2.21. The summed E-state index contributed by atoms with van der Waals surface area (Å²) in [5.74, 6) is 1.10. The molecule has 0 bridgehead atoms. The van der Waals surface area contributed by atoms with Crippen molar-refractivity contribution in [3.63, 3.8) is 0 Å². The molecular weight excluding hydrogens is 202 g/mol. The fourth-order valence-electron chi connectivity index (χ4n) is 2.18. The van der Waals surface area contributed by atoms with Gasteiger partial charge in [0.25, 0.3) is 0 Å². The molecule has 1 saturated heterocycles. The number of aromatic nitrogens is 2. The molecule has 2 unspecified atom stereocenters. The SMILES string of the molecule is CCn1ccnc1CNC(C)C1CCCO1. The standard InChI is InChI=1S/C12H21N3O/c1-3-15-7-6-13-12(15)9-14-10(2)11-5-4-8-16-11/h6-7,10-11,14H,3-5,8-9H2,1-2H3. The van der Waals surface area contributed by atoms with E-state index in [9.17, 15) is 0 Å². The zero-order chi connectivity index (χ0) is 11.4. The number of hydrogen-bond acceptors (Lipinski definition) is 3. The van der Waals surface area contributed by atoms with Crippen LogP contribution in [0.4, 0.5) is 0 Å². The van der Waals surface area contributed by atoms with Gasteiger partial charge in [-0.2, -0.15) is 0 Å². The molecule has 4 nitrogen and oxygen atoms in total. The summed E-state index contributed by atoms with van der Waals surface area (Å²) in [6.45, 7) is 7.04. The minimum atomic E-state index is 0.380. The Balaban J connectivity index is 1.82. The molecule has 0 aromatic carbocycles. The fourth-order valence-corrected chi connectivity index (χ4v) is 2.18. The van der Waals surface area contributed by atoms with Crippen molar-refractivity contribution in [2.24, 2.45) is 0 Å². The molecule has 16 heavy (non-hydrogen) atoms. The molecule has 4 heteroatoms. The number of imidazole rings is 1. The largest absolute Gasteiger partial charge is 0.377 e. The molecule has 1 fully saturated rings. The predicted molar refractivity (Wildman–Crippen MR) is 63.2 cm³/mol. The minimum absolute atomic E-state index is 0.380. The molecule has 1 aromatic rings. The van der Waals surface area contributed by atoms with Gasteiger partial charge in [0, 0.05) is 31.6 Å². The third-order valence-corrected chi connectivity index (χ3v) is 3.25. The Hall–Kier alpha value is -0.870. The first-order valence-electron chi connectivity index (χ1n) is 6.16. The lowest BCUT2D eigenvalue weighted by atomic mass is 10.1. The molecule has 0 aliphatic carbocycles. The highest BCUT2D eigenvalue weighted by atomic mass is 16.5. The first-order valence-corrected chi connectivity index (χ1v) is 6.16. The molecule has 0 spiro atoms. The van der Waals surface area contributed by atoms with Gasteiger partial charge < -0.3 is 14.6 Å². The number of nitrogens with one attached hydrogen (secondary N) is 1. The van der Waals surface area contributed by atoms with E-state index in [4.69, 9.17) is 4.74 Å². The van der Waals surface area contributed by atoms with Gasteiger partial charge in [-0.3, -0.25) is 0 Å².